The molecule has 0 aliphatic rings. The Bertz CT molecular complexity index is 538. The highest BCUT2D eigenvalue weighted by molar-refractivity contribution is 5.86. The smallest absolute Gasteiger partial charge is 0.128 e. The van der Waals surface area contributed by atoms with Gasteiger partial charge in [0.25, 0.3) is 0 Å². The van der Waals surface area contributed by atoms with Gasteiger partial charge < -0.3 is 23.5 Å². The molecule has 1 heterocycles. The molecule has 0 N–H and O–H groups in total. The van der Waals surface area contributed by atoms with Crippen molar-refractivity contribution in [1.82, 2.24) is 4.57 Å². The third-order valence-electron chi connectivity index (χ3n) is 3.27. The van der Waals surface area contributed by atoms with Crippen LogP contribution >= 0.6 is 0 Å². The third-order valence-corrected chi connectivity index (χ3v) is 3.27. The number of nitrogens with zero attached hydrogens (tertiary/aromatic N) is 1. The Morgan fingerprint density at radius 2 is 1.67 bits per heavy atom. The molecule has 0 atom stereocenters. The molecule has 0 radical (unpaired) electrons. The van der Waals surface area contributed by atoms with Crippen LogP contribution in [0.2, 0.25) is 0 Å². The van der Waals surface area contributed by atoms with Gasteiger partial charge in [0.15, 0.2) is 0 Å². The molecular weight excluding hydrogens is 270 g/mol. The van der Waals surface area contributed by atoms with E-state index < -0.39 is 0 Å². The molecule has 0 bridgehead atoms. The number of methoxy groups -OCH3 is 2. The Morgan fingerprint density at radius 3 is 2.43 bits per heavy atom. The monoisotopic (exact) mass is 293 g/mol. The fourth-order valence-electron chi connectivity index (χ4n) is 2.20. The molecule has 0 fully saturated rings. The van der Waals surface area contributed by atoms with Gasteiger partial charge >= 0.3 is 0 Å². The number of fused-ring (bicyclic) bond motifs is 1. The molecule has 0 unspecified atom stereocenters. The minimum absolute atomic E-state index is 0.601. The molecular formula is C16H23NO4. The second kappa shape index (κ2) is 8.67. The Balaban J connectivity index is 1.74. The fraction of sp³-hybridized carbons (Fsp3) is 0.500. The van der Waals surface area contributed by atoms with Gasteiger partial charge in [0.2, 0.25) is 0 Å². The summed E-state index contributed by atoms with van der Waals surface area (Å²) in [5.74, 6) is 0.902. The molecule has 0 saturated carbocycles. The van der Waals surface area contributed by atoms with Crippen molar-refractivity contribution in [3.05, 3.63) is 30.5 Å². The molecule has 1 aromatic heterocycles. The molecule has 0 saturated heterocycles. The molecule has 5 nitrogen and oxygen atoms in total. The van der Waals surface area contributed by atoms with Gasteiger partial charge in [-0.15, -0.1) is 0 Å². The van der Waals surface area contributed by atoms with Gasteiger partial charge in [0.1, 0.15) is 5.75 Å². The van der Waals surface area contributed by atoms with E-state index in [9.17, 15) is 0 Å². The minimum Gasteiger partial charge on any atom is -0.496 e. The van der Waals surface area contributed by atoms with E-state index in [1.54, 1.807) is 14.2 Å². The molecule has 0 aliphatic carbocycles. The zero-order chi connectivity index (χ0) is 14.9. The van der Waals surface area contributed by atoms with Crippen molar-refractivity contribution < 1.29 is 18.9 Å². The van der Waals surface area contributed by atoms with Gasteiger partial charge in [0.05, 0.1) is 45.7 Å². The maximum absolute atomic E-state index is 5.57. The van der Waals surface area contributed by atoms with Gasteiger partial charge in [0, 0.05) is 25.2 Å². The highest BCUT2D eigenvalue weighted by Gasteiger charge is 2.05. The van der Waals surface area contributed by atoms with Gasteiger partial charge in [-0.25, -0.2) is 0 Å². The summed E-state index contributed by atoms with van der Waals surface area (Å²) >= 11 is 0. The standard InChI is InChI=1S/C16H23NO4/c1-18-10-11-21-13-12-20-9-8-17-7-6-14-15(17)4-3-5-16(14)19-2/h3-7H,8-13H2,1-2H3. The quantitative estimate of drug-likeness (QED) is 0.631. The number of hydrogen-bond donors (Lipinski definition) is 0. The Hall–Kier alpha value is -1.56. The summed E-state index contributed by atoms with van der Waals surface area (Å²) in [6, 6.07) is 8.14. The molecule has 0 spiro atoms. The third kappa shape index (κ3) is 4.46. The predicted molar refractivity (Wildman–Crippen MR) is 82.0 cm³/mol. The maximum atomic E-state index is 5.57. The van der Waals surface area contributed by atoms with E-state index in [1.165, 1.54) is 0 Å². The average molecular weight is 293 g/mol. The fourth-order valence-corrected chi connectivity index (χ4v) is 2.20. The van der Waals surface area contributed by atoms with Crippen molar-refractivity contribution in [3.8, 4) is 5.75 Å². The molecule has 5 heteroatoms. The highest BCUT2D eigenvalue weighted by Crippen LogP contribution is 2.25. The van der Waals surface area contributed by atoms with Crippen LogP contribution in [0.25, 0.3) is 10.9 Å². The Morgan fingerprint density at radius 1 is 0.905 bits per heavy atom. The van der Waals surface area contributed by atoms with E-state index in [-0.39, 0.29) is 0 Å². The van der Waals surface area contributed by atoms with Crippen molar-refractivity contribution >= 4 is 10.9 Å². The van der Waals surface area contributed by atoms with Crippen LogP contribution in [0.4, 0.5) is 0 Å². The van der Waals surface area contributed by atoms with E-state index in [4.69, 9.17) is 18.9 Å². The molecule has 21 heavy (non-hydrogen) atoms. The number of rotatable bonds is 10. The van der Waals surface area contributed by atoms with Crippen LogP contribution in [0.5, 0.6) is 5.75 Å². The lowest BCUT2D eigenvalue weighted by Gasteiger charge is -2.08. The van der Waals surface area contributed by atoms with E-state index in [2.05, 4.69) is 22.9 Å². The van der Waals surface area contributed by atoms with Crippen molar-refractivity contribution in [3.63, 3.8) is 0 Å². The maximum Gasteiger partial charge on any atom is 0.128 e. The largest absolute Gasteiger partial charge is 0.496 e. The van der Waals surface area contributed by atoms with Crippen LogP contribution in [-0.2, 0) is 20.8 Å². The van der Waals surface area contributed by atoms with Crippen LogP contribution in [0, 0.1) is 0 Å². The van der Waals surface area contributed by atoms with Crippen molar-refractivity contribution in [1.29, 1.82) is 0 Å². The number of hydrogen-bond acceptors (Lipinski definition) is 4. The number of ether oxygens (including phenoxy) is 4. The molecule has 2 aromatic rings. The molecule has 116 valence electrons. The SMILES string of the molecule is COCCOCCOCCn1ccc2c(OC)cccc21. The van der Waals surface area contributed by atoms with Gasteiger partial charge in [-0.2, -0.15) is 0 Å². The highest BCUT2D eigenvalue weighted by atomic mass is 16.5. The first-order chi connectivity index (χ1) is 10.4. The summed E-state index contributed by atoms with van der Waals surface area (Å²) in [6.45, 7) is 3.91. The zero-order valence-electron chi connectivity index (χ0n) is 12.7. The van der Waals surface area contributed by atoms with E-state index >= 15 is 0 Å². The number of benzene rings is 1. The van der Waals surface area contributed by atoms with E-state index in [0.717, 1.165) is 23.2 Å². The topological polar surface area (TPSA) is 41.9 Å². The first-order valence-corrected chi connectivity index (χ1v) is 7.13. The summed E-state index contributed by atoms with van der Waals surface area (Å²) in [5.41, 5.74) is 1.16. The second-order valence-corrected chi connectivity index (χ2v) is 4.62. The van der Waals surface area contributed by atoms with Crippen LogP contribution in [0.3, 0.4) is 0 Å². The molecule has 0 aliphatic heterocycles. The Kier molecular flexibility index (Phi) is 6.53. The summed E-state index contributed by atoms with van der Waals surface area (Å²) in [4.78, 5) is 0. The van der Waals surface area contributed by atoms with Crippen molar-refractivity contribution in [2.24, 2.45) is 0 Å². The predicted octanol–water partition coefficient (Wildman–Crippen LogP) is 2.33. The minimum atomic E-state index is 0.601. The van der Waals surface area contributed by atoms with Crippen molar-refractivity contribution in [2.45, 2.75) is 6.54 Å². The first-order valence-electron chi connectivity index (χ1n) is 7.13. The summed E-state index contributed by atoms with van der Waals surface area (Å²) in [7, 11) is 3.36. The Labute approximate surface area is 125 Å². The van der Waals surface area contributed by atoms with E-state index in [0.29, 0.717) is 33.0 Å². The average Bonchev–Trinajstić information content (AvgIpc) is 2.93. The van der Waals surface area contributed by atoms with Gasteiger partial charge in [-0.05, 0) is 18.2 Å². The van der Waals surface area contributed by atoms with Crippen LogP contribution in [0.1, 0.15) is 0 Å². The van der Waals surface area contributed by atoms with Crippen LogP contribution < -0.4 is 4.74 Å². The van der Waals surface area contributed by atoms with Crippen LogP contribution in [-0.4, -0.2) is 51.8 Å². The molecule has 1 aromatic carbocycles. The van der Waals surface area contributed by atoms with Crippen LogP contribution in [0.15, 0.2) is 30.5 Å². The summed E-state index contributed by atoms with van der Waals surface area (Å²) < 4.78 is 23.3. The van der Waals surface area contributed by atoms with E-state index in [1.807, 2.05) is 12.1 Å². The lowest BCUT2D eigenvalue weighted by molar-refractivity contribution is 0.0232. The molecule has 0 amide bonds. The van der Waals surface area contributed by atoms with Gasteiger partial charge in [-0.1, -0.05) is 6.07 Å². The number of aromatic nitrogens is 1. The lowest BCUT2D eigenvalue weighted by Crippen LogP contribution is -2.11. The zero-order valence-corrected chi connectivity index (χ0v) is 12.7. The first kappa shape index (κ1) is 15.8. The molecule has 2 rings (SSSR count). The summed E-state index contributed by atoms with van der Waals surface area (Å²) in [6.07, 6.45) is 2.06. The van der Waals surface area contributed by atoms with Gasteiger partial charge in [-0.3, -0.25) is 0 Å². The van der Waals surface area contributed by atoms with Crippen molar-refractivity contribution in [2.75, 3.05) is 47.3 Å². The summed E-state index contributed by atoms with van der Waals surface area (Å²) in [5, 5.41) is 1.13. The normalized spacial score (nSPS) is 11.1. The lowest BCUT2D eigenvalue weighted by atomic mass is 10.2. The second-order valence-electron chi connectivity index (χ2n) is 4.62.